The summed E-state index contributed by atoms with van der Waals surface area (Å²) in [5.41, 5.74) is 0. The first-order valence-electron chi connectivity index (χ1n) is 3.25. The highest BCUT2D eigenvalue weighted by Gasteiger charge is 2.05. The van der Waals surface area contributed by atoms with E-state index in [-0.39, 0.29) is 0 Å². The second kappa shape index (κ2) is 3.52. The van der Waals surface area contributed by atoms with E-state index in [0.717, 1.165) is 12.5 Å². The maximum atomic E-state index is 5.55. The third kappa shape index (κ3) is 1.80. The predicted octanol–water partition coefficient (Wildman–Crippen LogP) is -0.115. The van der Waals surface area contributed by atoms with Crippen LogP contribution in [0.25, 0.3) is 0 Å². The van der Waals surface area contributed by atoms with Crippen LogP contribution >= 0.6 is 11.6 Å². The van der Waals surface area contributed by atoms with Crippen molar-refractivity contribution in [3.8, 4) is 0 Å². The zero-order chi connectivity index (χ0) is 8.27. The molecule has 0 amide bonds. The van der Waals surface area contributed by atoms with E-state index in [1.165, 1.54) is 0 Å². The maximum absolute atomic E-state index is 5.55. The zero-order valence-corrected chi connectivity index (χ0v) is 7.28. The molecule has 0 bridgehead atoms. The Hall–Kier alpha value is -0.840. The summed E-state index contributed by atoms with van der Waals surface area (Å²) in [6.07, 6.45) is 0. The number of halogens is 1. The van der Waals surface area contributed by atoms with Gasteiger partial charge in [-0.05, 0) is 10.4 Å². The van der Waals surface area contributed by atoms with Crippen LogP contribution in [0.4, 0.5) is 5.95 Å². The Morgan fingerprint density at radius 2 is 2.36 bits per heavy atom. The Balaban J connectivity index is 2.67. The zero-order valence-electron chi connectivity index (χ0n) is 6.53. The molecule has 0 spiro atoms. The molecule has 0 atom stereocenters. The fourth-order valence-corrected chi connectivity index (χ4v) is 1.03. The molecule has 11 heavy (non-hydrogen) atoms. The summed E-state index contributed by atoms with van der Waals surface area (Å²) < 4.78 is 1.60. The van der Waals surface area contributed by atoms with Gasteiger partial charge in [-0.25, -0.2) is 4.68 Å². The quantitative estimate of drug-likeness (QED) is 0.602. The summed E-state index contributed by atoms with van der Waals surface area (Å²) in [6.45, 7) is 0.746. The number of tetrazole rings is 1. The van der Waals surface area contributed by atoms with Crippen molar-refractivity contribution >= 4 is 17.5 Å². The first-order chi connectivity index (χ1) is 5.25. The van der Waals surface area contributed by atoms with Crippen molar-refractivity contribution in [3.05, 3.63) is 0 Å². The normalized spacial score (nSPS) is 10.1. The van der Waals surface area contributed by atoms with Gasteiger partial charge in [-0.15, -0.1) is 11.6 Å². The number of nitrogens with zero attached hydrogens (tertiary/aromatic N) is 5. The molecule has 0 radical (unpaired) electrons. The molecular formula is C5H10ClN5. The monoisotopic (exact) mass is 175 g/mol. The van der Waals surface area contributed by atoms with Crippen LogP contribution in [0.5, 0.6) is 0 Å². The van der Waals surface area contributed by atoms with Crippen molar-refractivity contribution in [2.75, 3.05) is 24.4 Å². The minimum absolute atomic E-state index is 0.573. The molecule has 0 aliphatic rings. The molecule has 1 heterocycles. The van der Waals surface area contributed by atoms with Gasteiger partial charge in [0.1, 0.15) is 0 Å². The number of hydrogen-bond donors (Lipinski definition) is 0. The highest BCUT2D eigenvalue weighted by Crippen LogP contribution is 2.02. The van der Waals surface area contributed by atoms with Crippen LogP contribution in [-0.4, -0.2) is 39.7 Å². The lowest BCUT2D eigenvalue weighted by atomic mass is 10.6. The van der Waals surface area contributed by atoms with Crippen LogP contribution in [0.2, 0.25) is 0 Å². The summed E-state index contributed by atoms with van der Waals surface area (Å²) in [5.74, 6) is 1.30. The smallest absolute Gasteiger partial charge is 0.245 e. The molecule has 0 N–H and O–H groups in total. The largest absolute Gasteiger partial charge is 0.342 e. The van der Waals surface area contributed by atoms with E-state index in [0.29, 0.717) is 5.88 Å². The average molecular weight is 176 g/mol. The SMILES string of the molecule is CN(CCCl)c1nnnn1C. The predicted molar refractivity (Wildman–Crippen MR) is 42.8 cm³/mol. The standard InChI is InChI=1S/C5H10ClN5/c1-10(4-3-6)5-7-8-9-11(5)2/h3-4H2,1-2H3. The van der Waals surface area contributed by atoms with E-state index in [1.54, 1.807) is 11.7 Å². The molecule has 0 aliphatic carbocycles. The second-order valence-electron chi connectivity index (χ2n) is 2.21. The highest BCUT2D eigenvalue weighted by atomic mass is 35.5. The summed E-state index contributed by atoms with van der Waals surface area (Å²) in [4.78, 5) is 1.90. The third-order valence-corrected chi connectivity index (χ3v) is 1.53. The molecule has 1 aromatic rings. The van der Waals surface area contributed by atoms with Gasteiger partial charge >= 0.3 is 0 Å². The van der Waals surface area contributed by atoms with Crippen LogP contribution in [0, 0.1) is 0 Å². The fourth-order valence-electron chi connectivity index (χ4n) is 0.775. The number of anilines is 1. The van der Waals surface area contributed by atoms with Gasteiger partial charge in [-0.1, -0.05) is 5.10 Å². The Labute approximate surface area is 69.9 Å². The lowest BCUT2D eigenvalue weighted by Crippen LogP contribution is -2.22. The summed E-state index contributed by atoms with van der Waals surface area (Å²) in [5, 5.41) is 11.0. The lowest BCUT2D eigenvalue weighted by Gasteiger charge is -2.13. The van der Waals surface area contributed by atoms with Gasteiger partial charge in [0.2, 0.25) is 5.95 Å². The van der Waals surface area contributed by atoms with E-state index in [2.05, 4.69) is 15.5 Å². The van der Waals surface area contributed by atoms with Crippen LogP contribution in [0.3, 0.4) is 0 Å². The molecule has 5 nitrogen and oxygen atoms in total. The molecule has 0 aromatic carbocycles. The third-order valence-electron chi connectivity index (χ3n) is 1.36. The van der Waals surface area contributed by atoms with Crippen molar-refractivity contribution in [3.63, 3.8) is 0 Å². The topological polar surface area (TPSA) is 46.8 Å². The maximum Gasteiger partial charge on any atom is 0.245 e. The number of aromatic nitrogens is 4. The molecule has 6 heteroatoms. The number of aryl methyl sites for hydroxylation is 1. The van der Waals surface area contributed by atoms with E-state index < -0.39 is 0 Å². The van der Waals surface area contributed by atoms with Gasteiger partial charge in [-0.3, -0.25) is 0 Å². The Morgan fingerprint density at radius 1 is 1.64 bits per heavy atom. The van der Waals surface area contributed by atoms with Crippen LogP contribution < -0.4 is 4.90 Å². The second-order valence-corrected chi connectivity index (χ2v) is 2.59. The van der Waals surface area contributed by atoms with E-state index in [1.807, 2.05) is 11.9 Å². The van der Waals surface area contributed by atoms with Gasteiger partial charge in [0.05, 0.1) is 0 Å². The van der Waals surface area contributed by atoms with E-state index in [4.69, 9.17) is 11.6 Å². The Bertz CT molecular complexity index is 222. The average Bonchev–Trinajstić information content (AvgIpc) is 2.36. The minimum atomic E-state index is 0.573. The van der Waals surface area contributed by atoms with Crippen molar-refractivity contribution in [1.82, 2.24) is 20.2 Å². The molecule has 0 aliphatic heterocycles. The van der Waals surface area contributed by atoms with Crippen LogP contribution in [0.1, 0.15) is 0 Å². The molecule has 1 rings (SSSR count). The molecule has 62 valence electrons. The van der Waals surface area contributed by atoms with Crippen molar-refractivity contribution in [2.24, 2.45) is 7.05 Å². The van der Waals surface area contributed by atoms with Crippen LogP contribution in [-0.2, 0) is 7.05 Å². The number of hydrogen-bond acceptors (Lipinski definition) is 4. The fraction of sp³-hybridized carbons (Fsp3) is 0.800. The molecule has 0 saturated heterocycles. The van der Waals surface area contributed by atoms with Gasteiger partial charge in [-0.2, -0.15) is 0 Å². The van der Waals surface area contributed by atoms with Crippen molar-refractivity contribution < 1.29 is 0 Å². The molecule has 0 fully saturated rings. The summed E-state index contributed by atoms with van der Waals surface area (Å²) in [7, 11) is 3.69. The molecule has 1 aromatic heterocycles. The van der Waals surface area contributed by atoms with Crippen molar-refractivity contribution in [1.29, 1.82) is 0 Å². The summed E-state index contributed by atoms with van der Waals surface area (Å²) in [6, 6.07) is 0. The first kappa shape index (κ1) is 8.26. The van der Waals surface area contributed by atoms with Gasteiger partial charge in [0.15, 0.2) is 0 Å². The van der Waals surface area contributed by atoms with Crippen molar-refractivity contribution in [2.45, 2.75) is 0 Å². The molecular weight excluding hydrogens is 166 g/mol. The number of rotatable bonds is 3. The highest BCUT2D eigenvalue weighted by molar-refractivity contribution is 6.18. The van der Waals surface area contributed by atoms with E-state index in [9.17, 15) is 0 Å². The van der Waals surface area contributed by atoms with Gasteiger partial charge < -0.3 is 4.90 Å². The number of alkyl halides is 1. The Morgan fingerprint density at radius 3 is 2.82 bits per heavy atom. The van der Waals surface area contributed by atoms with Crippen LogP contribution in [0.15, 0.2) is 0 Å². The molecule has 0 unspecified atom stereocenters. The molecule has 0 saturated carbocycles. The van der Waals surface area contributed by atoms with Gasteiger partial charge in [0.25, 0.3) is 0 Å². The lowest BCUT2D eigenvalue weighted by molar-refractivity contribution is 0.700. The first-order valence-corrected chi connectivity index (χ1v) is 3.78. The Kier molecular flexibility index (Phi) is 2.64. The summed E-state index contributed by atoms with van der Waals surface area (Å²) >= 11 is 5.55. The van der Waals surface area contributed by atoms with Gasteiger partial charge in [0, 0.05) is 26.5 Å². The minimum Gasteiger partial charge on any atom is -0.342 e. The van der Waals surface area contributed by atoms with E-state index >= 15 is 0 Å².